The van der Waals surface area contributed by atoms with Gasteiger partial charge in [0, 0.05) is 75.6 Å². The second kappa shape index (κ2) is 18.6. The molecule has 368 valence electrons. The predicted octanol–water partition coefficient (Wildman–Crippen LogP) is 5.27. The molecule has 5 atom stereocenters. The van der Waals surface area contributed by atoms with Crippen molar-refractivity contribution in [1.29, 1.82) is 0 Å². The fourth-order valence-electron chi connectivity index (χ4n) is 11.7. The zero-order valence-corrected chi connectivity index (χ0v) is 41.2. The van der Waals surface area contributed by atoms with Crippen LogP contribution >= 0.6 is 0 Å². The van der Waals surface area contributed by atoms with Crippen LogP contribution in [0.4, 0.5) is 11.6 Å². The first-order chi connectivity index (χ1) is 36.2. The van der Waals surface area contributed by atoms with Gasteiger partial charge in [-0.1, -0.05) is 86.3 Å². The lowest BCUT2D eigenvalue weighted by molar-refractivity contribution is 0.0542. The Labute approximate surface area is 422 Å². The standard InChI is InChI=1S/C52H54N18O2Si/c1-3-11-31(12-4-1)27-61-35-17-9-7-15-33(35)29-71-73(72-30-34-16-8-10-18-36(34)62-28-32-13-5-2-6-14-32)69-49-41-42(58-24-23-57-41)51(69)67-47-39-40(56-22-21-55-39)48(64-47)68-52-44-43(59-25-26-60-44)50(70(52)73)66-46-38-37(45(63-46)65-49)53-19-20-54-38/h1-6,11-14,19,22-26,33-36,50,54-55,61-62H,7-10,15-18,20-21,27-30H2,(H,63,65,66)/b67-47-,68-52?/t33-,34-,35?,36?,50?,73?/m1/s1. The highest BCUT2D eigenvalue weighted by Crippen LogP contribution is 2.47. The van der Waals surface area contributed by atoms with Crippen molar-refractivity contribution < 1.29 is 8.85 Å². The Bertz CT molecular complexity index is 3240. The fourth-order valence-corrected chi connectivity index (χ4v) is 15.2. The molecule has 3 unspecified atom stereocenters. The molecule has 7 aliphatic heterocycles. The van der Waals surface area contributed by atoms with E-state index in [0.717, 1.165) is 70.2 Å². The van der Waals surface area contributed by atoms with Crippen LogP contribution in [-0.2, 0) is 21.9 Å². The lowest BCUT2D eigenvalue weighted by Crippen LogP contribution is -2.68. The molecule has 5 aromatic rings. The summed E-state index contributed by atoms with van der Waals surface area (Å²) in [4.78, 5) is 57.1. The van der Waals surface area contributed by atoms with Crippen molar-refractivity contribution in [2.75, 3.05) is 26.3 Å². The molecule has 6 bridgehead atoms. The fraction of sp³-hybridized carbons (Fsp3) is 0.365. The Morgan fingerprint density at radius 2 is 1.15 bits per heavy atom. The lowest BCUT2D eigenvalue weighted by atomic mass is 9.85. The molecular formula is C52H54N18O2Si. The van der Waals surface area contributed by atoms with Gasteiger partial charge in [0.15, 0.2) is 40.8 Å². The number of nitrogens with one attached hydrogen (secondary N) is 5. The van der Waals surface area contributed by atoms with Crippen LogP contribution < -0.4 is 26.6 Å². The van der Waals surface area contributed by atoms with Gasteiger partial charge in [0.1, 0.15) is 51.4 Å². The molecule has 0 saturated heterocycles. The van der Waals surface area contributed by atoms with Crippen molar-refractivity contribution in [2.24, 2.45) is 46.8 Å². The minimum Gasteiger partial charge on any atom is -0.375 e. The minimum atomic E-state index is -4.48. The van der Waals surface area contributed by atoms with Gasteiger partial charge in [-0.05, 0) is 48.6 Å². The summed E-state index contributed by atoms with van der Waals surface area (Å²) >= 11 is 0. The van der Waals surface area contributed by atoms with Gasteiger partial charge >= 0.3 is 8.88 Å². The highest BCUT2D eigenvalue weighted by molar-refractivity contribution is 6.68. The Kier molecular flexibility index (Phi) is 11.3. The summed E-state index contributed by atoms with van der Waals surface area (Å²) < 4.78 is 20.5. The molecule has 21 heteroatoms. The Hall–Kier alpha value is -7.43. The summed E-state index contributed by atoms with van der Waals surface area (Å²) in [6.45, 7) is 3.18. The molecule has 14 rings (SSSR count). The van der Waals surface area contributed by atoms with E-state index in [4.69, 9.17) is 63.7 Å². The van der Waals surface area contributed by atoms with E-state index < -0.39 is 15.0 Å². The molecule has 2 aliphatic carbocycles. The van der Waals surface area contributed by atoms with Crippen LogP contribution in [0.5, 0.6) is 0 Å². The molecule has 10 heterocycles. The lowest BCUT2D eigenvalue weighted by Gasteiger charge is -2.45. The highest BCUT2D eigenvalue weighted by atomic mass is 28.4. The monoisotopic (exact) mass is 990 g/mol. The van der Waals surface area contributed by atoms with Crippen molar-refractivity contribution in [1.82, 2.24) is 55.3 Å². The summed E-state index contributed by atoms with van der Waals surface area (Å²) in [5.74, 6) is 3.27. The number of amidine groups is 5. The summed E-state index contributed by atoms with van der Waals surface area (Å²) in [5, 5.41) is 18.9. The molecule has 73 heavy (non-hydrogen) atoms. The quantitative estimate of drug-likeness (QED) is 0.101. The molecule has 2 saturated carbocycles. The average molecular weight is 991 g/mol. The van der Waals surface area contributed by atoms with E-state index in [-0.39, 0.29) is 23.9 Å². The SMILES string of the molecule is C1=NC2=C(NC1)/C1=N/c3c4nccnc4c4n3[Si](OC[C@H]3CCCCC3NCc3ccccc3)(OC[C@H]3CCCCC3NCc3ccccc3)N3C(=NC2=N1)c1nccnc1C3NC1=N/C(=N\4)C2=C1NCC=N2. The summed E-state index contributed by atoms with van der Waals surface area (Å²) in [5.41, 5.74) is 7.19. The smallest absolute Gasteiger partial charge is 0.375 e. The van der Waals surface area contributed by atoms with Crippen LogP contribution in [0, 0.1) is 11.8 Å². The molecular weight excluding hydrogens is 937 g/mol. The Balaban J connectivity index is 1.01. The van der Waals surface area contributed by atoms with Gasteiger partial charge in [-0.15, -0.1) is 0 Å². The topological polar surface area (TPSA) is 225 Å². The Morgan fingerprint density at radius 1 is 0.589 bits per heavy atom. The second-order valence-corrected chi connectivity index (χ2v) is 22.3. The number of hydrogen-bond acceptors (Lipinski definition) is 19. The predicted molar refractivity (Wildman–Crippen MR) is 281 cm³/mol. The normalized spacial score (nSPS) is 27.8. The number of hydrogen-bond donors (Lipinski definition) is 5. The minimum absolute atomic E-state index is 0.114. The van der Waals surface area contributed by atoms with Gasteiger partial charge in [-0.2, -0.15) is 0 Å². The van der Waals surface area contributed by atoms with E-state index in [1.807, 2.05) is 12.4 Å². The summed E-state index contributed by atoms with van der Waals surface area (Å²) in [6, 6.07) is 21.6. The number of fused-ring (bicyclic) bond motifs is 12. The van der Waals surface area contributed by atoms with Crippen molar-refractivity contribution >= 4 is 73.2 Å². The Morgan fingerprint density at radius 3 is 1.81 bits per heavy atom. The van der Waals surface area contributed by atoms with E-state index >= 15 is 0 Å². The third-order valence-electron chi connectivity index (χ3n) is 15.3. The number of rotatable bonds is 12. The maximum atomic E-state index is 8.12. The van der Waals surface area contributed by atoms with E-state index in [0.29, 0.717) is 107 Å². The van der Waals surface area contributed by atoms with Gasteiger partial charge < -0.3 is 35.4 Å². The van der Waals surface area contributed by atoms with Crippen molar-refractivity contribution in [3.05, 3.63) is 131 Å². The third-order valence-corrected chi connectivity index (χ3v) is 18.5. The maximum Gasteiger partial charge on any atom is 0.599 e. The molecule has 0 amide bonds. The molecule has 2 fully saturated rings. The van der Waals surface area contributed by atoms with Crippen LogP contribution in [0.15, 0.2) is 143 Å². The summed E-state index contributed by atoms with van der Waals surface area (Å²) in [7, 11) is -4.48. The molecule has 5 N–H and O–H groups in total. The van der Waals surface area contributed by atoms with Gasteiger partial charge in [0.05, 0.1) is 13.1 Å². The number of aliphatic imine (C=N–C) groups is 7. The number of aromatic nitrogens is 5. The first kappa shape index (κ1) is 44.3. The summed E-state index contributed by atoms with van der Waals surface area (Å²) in [6.07, 6.45) is 18.0. The van der Waals surface area contributed by atoms with Gasteiger partial charge in [0.25, 0.3) is 0 Å². The zero-order chi connectivity index (χ0) is 48.3. The third kappa shape index (κ3) is 7.75. The first-order valence-corrected chi connectivity index (χ1v) is 27.4. The molecule has 0 spiro atoms. The highest BCUT2D eigenvalue weighted by Gasteiger charge is 2.63. The van der Waals surface area contributed by atoms with Gasteiger partial charge in [-0.25, -0.2) is 39.9 Å². The molecule has 9 aliphatic rings. The van der Waals surface area contributed by atoms with E-state index in [9.17, 15) is 0 Å². The molecule has 20 nitrogen and oxygen atoms in total. The van der Waals surface area contributed by atoms with Crippen LogP contribution in [0.25, 0.3) is 11.0 Å². The zero-order valence-electron chi connectivity index (χ0n) is 40.2. The van der Waals surface area contributed by atoms with Crippen LogP contribution in [-0.4, -0.2) is 118 Å². The molecule has 0 radical (unpaired) electrons. The van der Waals surface area contributed by atoms with Crippen molar-refractivity contribution in [3.63, 3.8) is 0 Å². The maximum absolute atomic E-state index is 8.12. The van der Waals surface area contributed by atoms with Gasteiger partial charge in [0.2, 0.25) is 0 Å². The average Bonchev–Trinajstić information content (AvgIpc) is 4.17. The van der Waals surface area contributed by atoms with Crippen LogP contribution in [0.2, 0.25) is 0 Å². The van der Waals surface area contributed by atoms with Crippen LogP contribution in [0.3, 0.4) is 0 Å². The van der Waals surface area contributed by atoms with E-state index in [1.54, 1.807) is 24.8 Å². The van der Waals surface area contributed by atoms with Gasteiger partial charge in [-0.3, -0.25) is 23.8 Å². The van der Waals surface area contributed by atoms with E-state index in [1.165, 1.54) is 11.1 Å². The number of benzene rings is 2. The van der Waals surface area contributed by atoms with Crippen molar-refractivity contribution in [3.8, 4) is 0 Å². The number of nitrogens with zero attached hydrogens (tertiary/aromatic N) is 13. The molecule has 2 aromatic carbocycles. The van der Waals surface area contributed by atoms with Crippen molar-refractivity contribution in [2.45, 2.75) is 82.7 Å². The van der Waals surface area contributed by atoms with E-state index in [2.05, 4.69) is 96.0 Å². The first-order valence-electron chi connectivity index (χ1n) is 25.7. The largest absolute Gasteiger partial charge is 0.599 e. The molecule has 3 aromatic heterocycles. The second-order valence-electron chi connectivity index (χ2n) is 19.7. The van der Waals surface area contributed by atoms with Crippen LogP contribution in [0.1, 0.15) is 80.0 Å².